The van der Waals surface area contributed by atoms with E-state index < -0.39 is 12.1 Å². The third kappa shape index (κ3) is 4.50. The van der Waals surface area contributed by atoms with Gasteiger partial charge in [-0.05, 0) is 104 Å². The van der Waals surface area contributed by atoms with Gasteiger partial charge in [0.05, 0.1) is 6.26 Å². The number of carbonyl (C=O) groups is 2. The van der Waals surface area contributed by atoms with Crippen molar-refractivity contribution >= 4 is 12.1 Å². The van der Waals surface area contributed by atoms with Crippen molar-refractivity contribution in [1.82, 2.24) is 5.32 Å². The highest BCUT2D eigenvalue weighted by Crippen LogP contribution is 2.67. The molecule has 1 aromatic rings. The number of nitrogens with one attached hydrogen (secondary N) is 1. The van der Waals surface area contributed by atoms with Gasteiger partial charge in [-0.25, -0.2) is 9.59 Å². The van der Waals surface area contributed by atoms with Crippen LogP contribution in [0.15, 0.2) is 39.3 Å². The lowest BCUT2D eigenvalue weighted by Gasteiger charge is -2.59. The molecule has 3 fully saturated rings. The van der Waals surface area contributed by atoms with E-state index in [-0.39, 0.29) is 29.0 Å². The van der Waals surface area contributed by atoms with E-state index in [9.17, 15) is 14.4 Å². The molecule has 7 heteroatoms. The summed E-state index contributed by atoms with van der Waals surface area (Å²) >= 11 is 0. The van der Waals surface area contributed by atoms with Gasteiger partial charge in [-0.2, -0.15) is 0 Å². The van der Waals surface area contributed by atoms with Gasteiger partial charge in [0.1, 0.15) is 6.10 Å². The number of carboxylic acid groups (broad SMARTS) is 1. The van der Waals surface area contributed by atoms with Gasteiger partial charge in [0, 0.05) is 19.0 Å². The summed E-state index contributed by atoms with van der Waals surface area (Å²) in [5.41, 5.74) is 2.87. The first-order chi connectivity index (χ1) is 17.2. The first kappa shape index (κ1) is 25.1. The van der Waals surface area contributed by atoms with Crippen LogP contribution in [0.2, 0.25) is 0 Å². The van der Waals surface area contributed by atoms with Crippen LogP contribution in [0.4, 0.5) is 4.79 Å². The molecule has 4 aliphatic rings. The molecule has 0 aliphatic heterocycles. The highest BCUT2D eigenvalue weighted by Gasteiger charge is 2.58. The Morgan fingerprint density at radius 1 is 1.17 bits per heavy atom. The molecule has 1 heterocycles. The van der Waals surface area contributed by atoms with Gasteiger partial charge >= 0.3 is 17.7 Å². The van der Waals surface area contributed by atoms with Crippen molar-refractivity contribution in [3.63, 3.8) is 0 Å². The average molecular weight is 498 g/mol. The van der Waals surface area contributed by atoms with E-state index in [1.54, 1.807) is 17.9 Å². The maximum absolute atomic E-state index is 12.2. The van der Waals surface area contributed by atoms with Crippen LogP contribution < -0.4 is 10.9 Å². The fourth-order valence-corrected chi connectivity index (χ4v) is 8.35. The SMILES string of the molecule is C[C@]12CC[C@H](OC(=O)NCCCC(=O)O)C[C@H]1CC[C@H]1C3=CC[C@H](c4ccc(=O)oc4)[C@@]3(C)CC[C@@H]12. The maximum Gasteiger partial charge on any atom is 0.407 e. The van der Waals surface area contributed by atoms with Crippen molar-refractivity contribution in [3.8, 4) is 0 Å². The smallest absolute Gasteiger partial charge is 0.407 e. The average Bonchev–Trinajstić information content (AvgIpc) is 3.20. The molecule has 3 saturated carbocycles. The molecule has 4 aliphatic carbocycles. The summed E-state index contributed by atoms with van der Waals surface area (Å²) < 4.78 is 11.0. The highest BCUT2D eigenvalue weighted by molar-refractivity contribution is 5.68. The van der Waals surface area contributed by atoms with E-state index in [0.717, 1.165) is 44.1 Å². The van der Waals surface area contributed by atoms with Gasteiger partial charge in [-0.3, -0.25) is 4.79 Å². The quantitative estimate of drug-likeness (QED) is 0.389. The summed E-state index contributed by atoms with van der Waals surface area (Å²) in [4.78, 5) is 34.4. The molecular weight excluding hydrogens is 458 g/mol. The van der Waals surface area contributed by atoms with Crippen LogP contribution in [0.1, 0.15) is 89.5 Å². The minimum Gasteiger partial charge on any atom is -0.481 e. The molecule has 1 amide bonds. The first-order valence-electron chi connectivity index (χ1n) is 13.7. The number of carboxylic acids is 1. The Labute approximate surface area is 212 Å². The molecule has 0 spiro atoms. The van der Waals surface area contributed by atoms with Crippen molar-refractivity contribution in [1.29, 1.82) is 0 Å². The van der Waals surface area contributed by atoms with Crippen molar-refractivity contribution in [3.05, 3.63) is 46.0 Å². The predicted octanol–water partition coefficient (Wildman–Crippen LogP) is 5.65. The Morgan fingerprint density at radius 2 is 2.00 bits per heavy atom. The van der Waals surface area contributed by atoms with Crippen LogP contribution in [0.5, 0.6) is 0 Å². The number of allylic oxidation sites excluding steroid dienone is 2. The Morgan fingerprint density at radius 3 is 2.75 bits per heavy atom. The third-order valence-electron chi connectivity index (χ3n) is 10.3. The monoisotopic (exact) mass is 497 g/mol. The summed E-state index contributed by atoms with van der Waals surface area (Å²) in [6.45, 7) is 5.23. The lowest BCUT2D eigenvalue weighted by atomic mass is 9.46. The fourth-order valence-electron chi connectivity index (χ4n) is 8.35. The number of hydrogen-bond acceptors (Lipinski definition) is 5. The van der Waals surface area contributed by atoms with E-state index >= 15 is 0 Å². The van der Waals surface area contributed by atoms with Crippen LogP contribution in [-0.4, -0.2) is 29.8 Å². The maximum atomic E-state index is 12.2. The number of amides is 1. The van der Waals surface area contributed by atoms with Crippen molar-refractivity contribution < 1.29 is 23.8 Å². The second-order valence-electron chi connectivity index (χ2n) is 12.0. The Kier molecular flexibility index (Phi) is 6.77. The summed E-state index contributed by atoms with van der Waals surface area (Å²) in [6.07, 6.45) is 12.8. The highest BCUT2D eigenvalue weighted by atomic mass is 16.6. The molecular formula is C29H39NO6. The lowest BCUT2D eigenvalue weighted by molar-refractivity contribution is -0.137. The summed E-state index contributed by atoms with van der Waals surface area (Å²) in [6, 6.07) is 3.50. The number of hydrogen-bond donors (Lipinski definition) is 2. The van der Waals surface area contributed by atoms with Crippen molar-refractivity contribution in [2.24, 2.45) is 28.6 Å². The van der Waals surface area contributed by atoms with E-state index in [0.29, 0.717) is 36.6 Å². The first-order valence-corrected chi connectivity index (χ1v) is 13.7. The van der Waals surface area contributed by atoms with Crippen LogP contribution in [0, 0.1) is 28.6 Å². The lowest BCUT2D eigenvalue weighted by Crippen LogP contribution is -2.52. The van der Waals surface area contributed by atoms with Gasteiger partial charge in [0.15, 0.2) is 0 Å². The molecule has 0 aromatic carbocycles. The Bertz CT molecular complexity index is 1070. The topological polar surface area (TPSA) is 106 Å². The minimum absolute atomic E-state index is 0.0463. The summed E-state index contributed by atoms with van der Waals surface area (Å²) in [5.74, 6) is 1.35. The van der Waals surface area contributed by atoms with Crippen molar-refractivity contribution in [2.75, 3.05) is 6.54 Å². The van der Waals surface area contributed by atoms with Gasteiger partial charge in [-0.15, -0.1) is 0 Å². The molecule has 5 rings (SSSR count). The summed E-state index contributed by atoms with van der Waals surface area (Å²) in [7, 11) is 0. The zero-order chi connectivity index (χ0) is 25.5. The molecule has 36 heavy (non-hydrogen) atoms. The van der Waals surface area contributed by atoms with Crippen LogP contribution >= 0.6 is 0 Å². The van der Waals surface area contributed by atoms with E-state index in [4.69, 9.17) is 14.3 Å². The Hall–Kier alpha value is -2.57. The molecule has 0 radical (unpaired) electrons. The Balaban J connectivity index is 1.21. The number of carbonyl (C=O) groups excluding carboxylic acids is 1. The van der Waals surface area contributed by atoms with Crippen LogP contribution in [-0.2, 0) is 9.53 Å². The molecule has 2 N–H and O–H groups in total. The van der Waals surface area contributed by atoms with Gasteiger partial charge in [0.2, 0.25) is 0 Å². The van der Waals surface area contributed by atoms with Gasteiger partial charge in [-0.1, -0.05) is 25.5 Å². The fraction of sp³-hybridized carbons (Fsp3) is 0.690. The molecule has 7 atom stereocenters. The molecule has 0 saturated heterocycles. The molecule has 7 nitrogen and oxygen atoms in total. The minimum atomic E-state index is -0.854. The van der Waals surface area contributed by atoms with Gasteiger partial charge in [0.25, 0.3) is 0 Å². The number of ether oxygens (including phenoxy) is 1. The standard InChI is InChI=1S/C29H39NO6/c1-28-13-11-20(36-27(34)30-15-3-4-25(31)32)16-19(28)6-7-21-23-9-8-22(18-5-10-26(33)35-17-18)29(23,2)14-12-24(21)28/h5,9-10,17,19-22,24H,3-4,6-8,11-16H2,1-2H3,(H,30,34)(H,31,32)/t19-,20+,21+,22-,24+,28+,29-/m1/s1. The molecule has 196 valence electrons. The second kappa shape index (κ2) is 9.71. The van der Waals surface area contributed by atoms with Crippen LogP contribution in [0.3, 0.4) is 0 Å². The zero-order valence-electron chi connectivity index (χ0n) is 21.5. The summed E-state index contributed by atoms with van der Waals surface area (Å²) in [5, 5.41) is 11.4. The number of fused-ring (bicyclic) bond motifs is 5. The number of rotatable bonds is 6. The van der Waals surface area contributed by atoms with Gasteiger partial charge < -0.3 is 19.6 Å². The second-order valence-corrected chi connectivity index (χ2v) is 12.0. The largest absolute Gasteiger partial charge is 0.481 e. The van der Waals surface area contributed by atoms with E-state index in [1.807, 2.05) is 6.07 Å². The predicted molar refractivity (Wildman–Crippen MR) is 135 cm³/mol. The number of aliphatic carboxylic acids is 1. The molecule has 0 unspecified atom stereocenters. The number of alkyl carbamates (subject to hydrolysis) is 1. The molecule has 1 aromatic heterocycles. The normalized spacial score (nSPS) is 37.2. The van der Waals surface area contributed by atoms with E-state index in [1.165, 1.54) is 12.8 Å². The third-order valence-corrected chi connectivity index (χ3v) is 10.3. The van der Waals surface area contributed by atoms with Crippen LogP contribution in [0.25, 0.3) is 0 Å². The van der Waals surface area contributed by atoms with Crippen molar-refractivity contribution in [2.45, 2.75) is 90.1 Å². The molecule has 0 bridgehead atoms. The zero-order valence-corrected chi connectivity index (χ0v) is 21.5. The van der Waals surface area contributed by atoms with E-state index in [2.05, 4.69) is 25.2 Å².